The number of hydrogen-bond acceptors (Lipinski definition) is 4. The highest BCUT2D eigenvalue weighted by Crippen LogP contribution is 2.30. The zero-order valence-electron chi connectivity index (χ0n) is 9.40. The molecule has 84 valence electrons. The fraction of sp³-hybridized carbons (Fsp3) is 0.455. The average molecular weight is 236 g/mol. The second kappa shape index (κ2) is 2.85. The van der Waals surface area contributed by atoms with E-state index < -0.39 is 0 Å². The highest BCUT2D eigenvalue weighted by atomic mass is 32.1. The lowest BCUT2D eigenvalue weighted by atomic mass is 10.1. The van der Waals surface area contributed by atoms with Gasteiger partial charge in [-0.1, -0.05) is 0 Å². The van der Waals surface area contributed by atoms with Crippen LogP contribution in [0.3, 0.4) is 0 Å². The summed E-state index contributed by atoms with van der Waals surface area (Å²) in [6.45, 7) is 6.46. The molecule has 0 unspecified atom stereocenters. The maximum absolute atomic E-state index is 12.3. The van der Waals surface area contributed by atoms with E-state index in [2.05, 4.69) is 4.98 Å². The molecule has 0 spiro atoms. The normalized spacial score (nSPS) is 17.4. The van der Waals surface area contributed by atoms with Gasteiger partial charge in [0.15, 0.2) is 0 Å². The van der Waals surface area contributed by atoms with Gasteiger partial charge in [0.05, 0.1) is 11.1 Å². The van der Waals surface area contributed by atoms with E-state index in [0.717, 1.165) is 15.1 Å². The number of nitrogens with zero attached hydrogens (tertiary/aromatic N) is 2. The Bertz CT molecular complexity index is 639. The van der Waals surface area contributed by atoms with E-state index in [1.54, 1.807) is 4.57 Å². The number of fused-ring (bicyclic) bond motifs is 2. The zero-order chi connectivity index (χ0) is 11.5. The molecule has 1 aliphatic rings. The van der Waals surface area contributed by atoms with Gasteiger partial charge in [-0.2, -0.15) is 4.98 Å². The summed E-state index contributed by atoms with van der Waals surface area (Å²) in [7, 11) is 0. The Morgan fingerprint density at radius 1 is 1.56 bits per heavy atom. The first kappa shape index (κ1) is 9.84. The van der Waals surface area contributed by atoms with Gasteiger partial charge in [0.1, 0.15) is 11.3 Å². The maximum Gasteiger partial charge on any atom is 0.300 e. The first-order chi connectivity index (χ1) is 7.49. The van der Waals surface area contributed by atoms with E-state index in [0.29, 0.717) is 12.6 Å². The Morgan fingerprint density at radius 2 is 2.31 bits per heavy atom. The van der Waals surface area contributed by atoms with Crippen LogP contribution in [0.15, 0.2) is 10.9 Å². The fourth-order valence-electron chi connectivity index (χ4n) is 2.01. The number of rotatable bonds is 0. The van der Waals surface area contributed by atoms with E-state index in [4.69, 9.17) is 4.74 Å². The van der Waals surface area contributed by atoms with Crippen molar-refractivity contribution < 1.29 is 4.74 Å². The van der Waals surface area contributed by atoms with E-state index in [-0.39, 0.29) is 11.1 Å². The smallest absolute Gasteiger partial charge is 0.300 e. The summed E-state index contributed by atoms with van der Waals surface area (Å²) >= 11 is 1.49. The average Bonchev–Trinajstić information content (AvgIpc) is 2.68. The molecule has 0 bridgehead atoms. The lowest BCUT2D eigenvalue weighted by Gasteiger charge is -2.16. The first-order valence-corrected chi connectivity index (χ1v) is 5.97. The minimum atomic E-state index is -0.300. The molecule has 3 rings (SSSR count). The third kappa shape index (κ3) is 1.15. The molecule has 0 N–H and O–H groups in total. The third-order valence-corrected chi connectivity index (χ3v) is 3.83. The number of aromatic nitrogens is 2. The molecule has 2 aromatic heterocycles. The van der Waals surface area contributed by atoms with Crippen molar-refractivity contribution in [3.05, 3.63) is 21.3 Å². The molecule has 0 radical (unpaired) electrons. The molecule has 2 aromatic rings. The monoisotopic (exact) mass is 236 g/mol. The van der Waals surface area contributed by atoms with Crippen LogP contribution < -0.4 is 10.3 Å². The van der Waals surface area contributed by atoms with Gasteiger partial charge in [-0.15, -0.1) is 11.3 Å². The molecule has 0 atom stereocenters. The number of hydrogen-bond donors (Lipinski definition) is 0. The Hall–Kier alpha value is -1.36. The van der Waals surface area contributed by atoms with Gasteiger partial charge in [0.2, 0.25) is 0 Å². The maximum atomic E-state index is 12.3. The van der Waals surface area contributed by atoms with Gasteiger partial charge in [-0.3, -0.25) is 9.36 Å². The van der Waals surface area contributed by atoms with Crippen LogP contribution >= 0.6 is 11.3 Å². The topological polar surface area (TPSA) is 44.1 Å². The highest BCUT2D eigenvalue weighted by molar-refractivity contribution is 7.18. The van der Waals surface area contributed by atoms with Crippen molar-refractivity contribution in [3.63, 3.8) is 0 Å². The van der Waals surface area contributed by atoms with Crippen molar-refractivity contribution in [1.29, 1.82) is 0 Å². The van der Waals surface area contributed by atoms with Crippen LogP contribution in [0.25, 0.3) is 10.2 Å². The Kier molecular flexibility index (Phi) is 1.75. The van der Waals surface area contributed by atoms with Crippen molar-refractivity contribution in [1.82, 2.24) is 9.55 Å². The summed E-state index contributed by atoms with van der Waals surface area (Å²) < 4.78 is 7.85. The van der Waals surface area contributed by atoms with Gasteiger partial charge in [0.25, 0.3) is 5.56 Å². The van der Waals surface area contributed by atoms with Crippen molar-refractivity contribution in [2.45, 2.75) is 26.3 Å². The molecular formula is C11H12N2O2S. The molecule has 0 saturated carbocycles. The van der Waals surface area contributed by atoms with Crippen molar-refractivity contribution in [2.24, 2.45) is 0 Å². The predicted octanol–water partition coefficient (Wildman–Crippen LogP) is 1.89. The molecule has 0 amide bonds. The van der Waals surface area contributed by atoms with Crippen LogP contribution in [0.5, 0.6) is 6.01 Å². The minimum absolute atomic E-state index is 0.0144. The van der Waals surface area contributed by atoms with E-state index >= 15 is 0 Å². The molecule has 1 aliphatic heterocycles. The van der Waals surface area contributed by atoms with Gasteiger partial charge in [0, 0.05) is 4.88 Å². The molecule has 0 aliphatic carbocycles. The predicted molar refractivity (Wildman–Crippen MR) is 63.4 cm³/mol. The molecule has 0 saturated heterocycles. The molecule has 5 heteroatoms. The summed E-state index contributed by atoms with van der Waals surface area (Å²) in [6, 6.07) is 2.37. The van der Waals surface area contributed by atoms with Gasteiger partial charge in [-0.05, 0) is 26.8 Å². The van der Waals surface area contributed by atoms with Crippen LogP contribution in [-0.2, 0) is 5.54 Å². The Balaban J connectivity index is 2.46. The van der Waals surface area contributed by atoms with Crippen LogP contribution in [0, 0.1) is 6.92 Å². The Morgan fingerprint density at radius 3 is 3.06 bits per heavy atom. The van der Waals surface area contributed by atoms with E-state index in [1.807, 2.05) is 26.8 Å². The SMILES string of the molecule is Cc1cc2nc3n(c(=O)c2s1)C(C)(C)CO3. The second-order valence-electron chi connectivity index (χ2n) is 4.71. The molecule has 0 fully saturated rings. The summed E-state index contributed by atoms with van der Waals surface area (Å²) in [5.41, 5.74) is 0.461. The number of ether oxygens (including phenoxy) is 1. The number of thiophene rings is 1. The minimum Gasteiger partial charge on any atom is -0.462 e. The van der Waals surface area contributed by atoms with Crippen LogP contribution in [-0.4, -0.2) is 16.2 Å². The van der Waals surface area contributed by atoms with Crippen molar-refractivity contribution in [2.75, 3.05) is 6.61 Å². The van der Waals surface area contributed by atoms with Gasteiger partial charge >= 0.3 is 6.01 Å². The quantitative estimate of drug-likeness (QED) is 0.701. The van der Waals surface area contributed by atoms with E-state index in [1.165, 1.54) is 11.3 Å². The zero-order valence-corrected chi connectivity index (χ0v) is 10.2. The second-order valence-corrected chi connectivity index (χ2v) is 5.96. The summed E-state index contributed by atoms with van der Waals surface area (Å²) in [5.74, 6) is 0. The molecule has 0 aromatic carbocycles. The Labute approximate surface area is 96.5 Å². The fourth-order valence-corrected chi connectivity index (χ4v) is 2.90. The molecule has 3 heterocycles. The first-order valence-electron chi connectivity index (χ1n) is 5.15. The lowest BCUT2D eigenvalue weighted by Crippen LogP contribution is -2.34. The summed E-state index contributed by atoms with van der Waals surface area (Å²) in [6.07, 6.45) is 0. The summed E-state index contributed by atoms with van der Waals surface area (Å²) in [5, 5.41) is 0. The van der Waals surface area contributed by atoms with Crippen LogP contribution in [0.2, 0.25) is 0 Å². The molecule has 4 nitrogen and oxygen atoms in total. The number of aryl methyl sites for hydroxylation is 1. The standard InChI is InChI=1S/C11H12N2O2S/c1-6-4-7-8(16-6)9(14)13-10(12-7)15-5-11(13,2)3/h4H,5H2,1-3H3. The summed E-state index contributed by atoms with van der Waals surface area (Å²) in [4.78, 5) is 17.8. The lowest BCUT2D eigenvalue weighted by molar-refractivity contribution is 0.267. The van der Waals surface area contributed by atoms with Crippen LogP contribution in [0.4, 0.5) is 0 Å². The molecular weight excluding hydrogens is 224 g/mol. The van der Waals surface area contributed by atoms with E-state index in [9.17, 15) is 4.79 Å². The van der Waals surface area contributed by atoms with Crippen molar-refractivity contribution >= 4 is 21.6 Å². The van der Waals surface area contributed by atoms with Gasteiger partial charge in [-0.25, -0.2) is 0 Å². The van der Waals surface area contributed by atoms with Crippen LogP contribution in [0.1, 0.15) is 18.7 Å². The van der Waals surface area contributed by atoms with Crippen molar-refractivity contribution in [3.8, 4) is 6.01 Å². The van der Waals surface area contributed by atoms with Gasteiger partial charge < -0.3 is 4.74 Å². The third-order valence-electron chi connectivity index (χ3n) is 2.80. The molecule has 16 heavy (non-hydrogen) atoms. The largest absolute Gasteiger partial charge is 0.462 e. The highest BCUT2D eigenvalue weighted by Gasteiger charge is 2.34.